The number of hydrogen-bond acceptors (Lipinski definition) is 4. The molecule has 0 aliphatic rings. The van der Waals surface area contributed by atoms with E-state index in [1.165, 1.54) is 0 Å². The summed E-state index contributed by atoms with van der Waals surface area (Å²) in [4.78, 5) is 12.6. The molecule has 0 saturated carbocycles. The van der Waals surface area contributed by atoms with Gasteiger partial charge in [0.25, 0.3) is 0 Å². The summed E-state index contributed by atoms with van der Waals surface area (Å²) in [5, 5.41) is 0.988. The Morgan fingerprint density at radius 3 is 2.39 bits per heavy atom. The predicted molar refractivity (Wildman–Crippen MR) is 89.9 cm³/mol. The molecule has 5 heteroatoms. The molecule has 0 aliphatic heterocycles. The monoisotopic (exact) mass is 305 g/mol. The van der Waals surface area contributed by atoms with E-state index in [9.17, 15) is 0 Å². The summed E-state index contributed by atoms with van der Waals surface area (Å²) in [6.07, 6.45) is 0. The summed E-state index contributed by atoms with van der Waals surface area (Å²) in [6, 6.07) is 15.7. The quantitative estimate of drug-likeness (QED) is 0.625. The summed E-state index contributed by atoms with van der Waals surface area (Å²) in [6.45, 7) is 0. The van der Waals surface area contributed by atoms with E-state index in [0.717, 1.165) is 33.5 Å². The molecular formula is C18H15N3O2. The first kappa shape index (κ1) is 13.6. The summed E-state index contributed by atoms with van der Waals surface area (Å²) < 4.78 is 10.7. The van der Waals surface area contributed by atoms with E-state index in [4.69, 9.17) is 14.5 Å². The van der Waals surface area contributed by atoms with Crippen molar-refractivity contribution in [3.63, 3.8) is 0 Å². The van der Waals surface area contributed by atoms with Gasteiger partial charge in [-0.05, 0) is 24.3 Å². The highest BCUT2D eigenvalue weighted by molar-refractivity contribution is 5.85. The van der Waals surface area contributed by atoms with Crippen molar-refractivity contribution in [2.24, 2.45) is 0 Å². The third kappa shape index (κ3) is 2.26. The van der Waals surface area contributed by atoms with Crippen LogP contribution in [0.2, 0.25) is 0 Å². The Balaban J connectivity index is 1.87. The molecular weight excluding hydrogens is 290 g/mol. The van der Waals surface area contributed by atoms with E-state index < -0.39 is 0 Å². The van der Waals surface area contributed by atoms with Crippen LogP contribution in [0.5, 0.6) is 11.5 Å². The van der Waals surface area contributed by atoms with Crippen LogP contribution in [0.1, 0.15) is 0 Å². The Morgan fingerprint density at radius 1 is 0.826 bits per heavy atom. The van der Waals surface area contributed by atoms with E-state index in [0.29, 0.717) is 11.5 Å². The molecule has 0 fully saturated rings. The lowest BCUT2D eigenvalue weighted by Crippen LogP contribution is -1.92. The molecule has 1 N–H and O–H groups in total. The van der Waals surface area contributed by atoms with Crippen molar-refractivity contribution in [2.45, 2.75) is 0 Å². The standard InChI is InChI=1S/C18H15N3O2/c1-22-16-9-11-7-8-14(19-15(11)10-17(16)23-2)18-20-12-5-3-4-6-13(12)21-18/h3-10H,1-2H3,(H,20,21). The summed E-state index contributed by atoms with van der Waals surface area (Å²) in [5.41, 5.74) is 3.55. The van der Waals surface area contributed by atoms with Gasteiger partial charge in [-0.25, -0.2) is 9.97 Å². The topological polar surface area (TPSA) is 60.0 Å². The van der Waals surface area contributed by atoms with Crippen LogP contribution in [0, 0.1) is 0 Å². The van der Waals surface area contributed by atoms with Crippen LogP contribution in [0.25, 0.3) is 33.5 Å². The molecule has 0 aliphatic carbocycles. The minimum atomic E-state index is 0.661. The van der Waals surface area contributed by atoms with Crippen LogP contribution in [0.4, 0.5) is 0 Å². The number of para-hydroxylation sites is 2. The van der Waals surface area contributed by atoms with Crippen LogP contribution in [0.3, 0.4) is 0 Å². The third-order valence-corrected chi connectivity index (χ3v) is 3.83. The maximum atomic E-state index is 5.35. The number of ether oxygens (including phenoxy) is 2. The molecule has 114 valence electrons. The van der Waals surface area contributed by atoms with Crippen molar-refractivity contribution in [3.05, 3.63) is 48.5 Å². The molecule has 0 radical (unpaired) electrons. The van der Waals surface area contributed by atoms with Gasteiger partial charge in [-0.1, -0.05) is 18.2 Å². The zero-order valence-corrected chi connectivity index (χ0v) is 12.8. The lowest BCUT2D eigenvalue weighted by molar-refractivity contribution is 0.356. The van der Waals surface area contributed by atoms with E-state index >= 15 is 0 Å². The average Bonchev–Trinajstić information content (AvgIpc) is 3.04. The number of imidazole rings is 1. The van der Waals surface area contributed by atoms with Crippen molar-refractivity contribution in [2.75, 3.05) is 14.2 Å². The SMILES string of the molecule is COc1cc2ccc(-c3nc4ccccc4[nH]3)nc2cc1OC. The van der Waals surface area contributed by atoms with Crippen LogP contribution in [-0.4, -0.2) is 29.2 Å². The summed E-state index contributed by atoms with van der Waals surface area (Å²) in [7, 11) is 3.24. The van der Waals surface area contributed by atoms with Crippen molar-refractivity contribution < 1.29 is 9.47 Å². The Labute approximate surface area is 132 Å². The fourth-order valence-corrected chi connectivity index (χ4v) is 2.66. The highest BCUT2D eigenvalue weighted by Crippen LogP contribution is 2.32. The Bertz CT molecular complexity index is 975. The number of aromatic nitrogens is 3. The molecule has 0 amide bonds. The molecule has 0 unspecified atom stereocenters. The van der Waals surface area contributed by atoms with Crippen molar-refractivity contribution in [3.8, 4) is 23.0 Å². The maximum Gasteiger partial charge on any atom is 0.162 e. The van der Waals surface area contributed by atoms with E-state index in [2.05, 4.69) is 9.97 Å². The number of rotatable bonds is 3. The van der Waals surface area contributed by atoms with Crippen molar-refractivity contribution in [1.29, 1.82) is 0 Å². The number of aromatic amines is 1. The van der Waals surface area contributed by atoms with Gasteiger partial charge in [-0.15, -0.1) is 0 Å². The summed E-state index contributed by atoms with van der Waals surface area (Å²) in [5.74, 6) is 2.11. The van der Waals surface area contributed by atoms with E-state index in [1.807, 2.05) is 48.5 Å². The number of hydrogen-bond donors (Lipinski definition) is 1. The largest absolute Gasteiger partial charge is 0.493 e. The zero-order valence-electron chi connectivity index (χ0n) is 12.8. The fourth-order valence-electron chi connectivity index (χ4n) is 2.66. The lowest BCUT2D eigenvalue weighted by Gasteiger charge is -2.09. The molecule has 0 saturated heterocycles. The molecule has 23 heavy (non-hydrogen) atoms. The van der Waals surface area contributed by atoms with Gasteiger partial charge in [0.15, 0.2) is 17.3 Å². The van der Waals surface area contributed by atoms with E-state index in [1.54, 1.807) is 14.2 Å². The number of pyridine rings is 1. The summed E-state index contributed by atoms with van der Waals surface area (Å²) >= 11 is 0. The van der Waals surface area contributed by atoms with Gasteiger partial charge >= 0.3 is 0 Å². The first-order valence-corrected chi connectivity index (χ1v) is 7.26. The second-order valence-corrected chi connectivity index (χ2v) is 5.20. The number of methoxy groups -OCH3 is 2. The van der Waals surface area contributed by atoms with Gasteiger partial charge in [0, 0.05) is 11.5 Å². The van der Waals surface area contributed by atoms with Crippen LogP contribution in [-0.2, 0) is 0 Å². The van der Waals surface area contributed by atoms with Crippen LogP contribution >= 0.6 is 0 Å². The number of benzene rings is 2. The lowest BCUT2D eigenvalue weighted by atomic mass is 10.1. The molecule has 5 nitrogen and oxygen atoms in total. The van der Waals surface area contributed by atoms with Crippen LogP contribution in [0.15, 0.2) is 48.5 Å². The van der Waals surface area contributed by atoms with Gasteiger partial charge in [0.05, 0.1) is 30.8 Å². The molecule has 4 aromatic rings. The van der Waals surface area contributed by atoms with Gasteiger partial charge in [-0.2, -0.15) is 0 Å². The molecule has 0 bridgehead atoms. The molecule has 0 spiro atoms. The molecule has 2 aromatic heterocycles. The Morgan fingerprint density at radius 2 is 1.61 bits per heavy atom. The molecule has 2 heterocycles. The van der Waals surface area contributed by atoms with Gasteiger partial charge in [0.2, 0.25) is 0 Å². The zero-order chi connectivity index (χ0) is 15.8. The normalized spacial score (nSPS) is 11.0. The molecule has 2 aromatic carbocycles. The fraction of sp³-hybridized carbons (Fsp3) is 0.111. The third-order valence-electron chi connectivity index (χ3n) is 3.83. The van der Waals surface area contributed by atoms with Gasteiger partial charge in [-0.3, -0.25) is 0 Å². The minimum Gasteiger partial charge on any atom is -0.493 e. The first-order chi connectivity index (χ1) is 11.3. The number of nitrogens with one attached hydrogen (secondary N) is 1. The average molecular weight is 305 g/mol. The molecule has 4 rings (SSSR count). The van der Waals surface area contributed by atoms with Gasteiger partial charge in [0.1, 0.15) is 5.69 Å². The van der Waals surface area contributed by atoms with E-state index in [-0.39, 0.29) is 0 Å². The maximum absolute atomic E-state index is 5.35. The highest BCUT2D eigenvalue weighted by Gasteiger charge is 2.10. The molecule has 0 atom stereocenters. The number of H-pyrrole nitrogens is 1. The van der Waals surface area contributed by atoms with Crippen molar-refractivity contribution >= 4 is 21.9 Å². The van der Waals surface area contributed by atoms with Crippen molar-refractivity contribution in [1.82, 2.24) is 15.0 Å². The minimum absolute atomic E-state index is 0.661. The second-order valence-electron chi connectivity index (χ2n) is 5.20. The Kier molecular flexibility index (Phi) is 3.12. The smallest absolute Gasteiger partial charge is 0.162 e. The number of fused-ring (bicyclic) bond motifs is 2. The Hall–Kier alpha value is -3.08. The second kappa shape index (κ2) is 5.28. The van der Waals surface area contributed by atoms with Crippen LogP contribution < -0.4 is 9.47 Å². The highest BCUT2D eigenvalue weighted by atomic mass is 16.5. The number of nitrogens with zero attached hydrogens (tertiary/aromatic N) is 2. The predicted octanol–water partition coefficient (Wildman–Crippen LogP) is 3.80. The first-order valence-electron chi connectivity index (χ1n) is 7.26. The van der Waals surface area contributed by atoms with Gasteiger partial charge < -0.3 is 14.5 Å².